The molecule has 1 N–H and O–H groups in total. The molecule has 0 bridgehead atoms. The van der Waals surface area contributed by atoms with E-state index < -0.39 is 15.5 Å². The fourth-order valence-electron chi connectivity index (χ4n) is 0.250. The van der Waals surface area contributed by atoms with E-state index in [4.69, 9.17) is 18.4 Å². The van der Waals surface area contributed by atoms with Crippen LogP contribution in [0.4, 0.5) is 0 Å². The van der Waals surface area contributed by atoms with Gasteiger partial charge in [0.05, 0.1) is 0 Å². The molecule has 0 aromatic rings. The van der Waals surface area contributed by atoms with Gasteiger partial charge < -0.3 is 18.4 Å². The van der Waals surface area contributed by atoms with Gasteiger partial charge in [-0.15, -0.1) is 0 Å². The topological polar surface area (TPSA) is 65.0 Å². The number of carboxylic acids is 1. The van der Waals surface area contributed by atoms with Gasteiger partial charge in [-0.2, -0.15) is 0 Å². The zero-order valence-corrected chi connectivity index (χ0v) is 12.7. The Labute approximate surface area is 111 Å². The number of carbonyl (C=O) groups is 1. The minimum absolute atomic E-state index is 0. The standard InChI is InChI=1S/C4H6O2.C3H9O3Si.Y/c1-3(2)4(5)6;1-4-7(5-2)6-3;/h1H2,2H3,(H,5,6);1-3H3;. The third-order valence-corrected chi connectivity index (χ3v) is 1.87. The van der Waals surface area contributed by atoms with Crippen LogP contribution < -0.4 is 0 Å². The van der Waals surface area contributed by atoms with Crippen molar-refractivity contribution in [2.45, 2.75) is 6.92 Å². The molecule has 0 spiro atoms. The molecule has 5 nitrogen and oxygen atoms in total. The maximum Gasteiger partial charge on any atom is 0.576 e. The number of rotatable bonds is 4. The Kier molecular flexibility index (Phi) is 19.1. The normalized spacial score (nSPS) is 8.36. The van der Waals surface area contributed by atoms with Gasteiger partial charge in [0, 0.05) is 59.6 Å². The minimum Gasteiger partial charge on any atom is -0.478 e. The Balaban J connectivity index is -0.000000163. The molecule has 0 amide bonds. The molecule has 0 fully saturated rings. The van der Waals surface area contributed by atoms with Gasteiger partial charge in [-0.1, -0.05) is 6.58 Å². The van der Waals surface area contributed by atoms with E-state index in [1.54, 1.807) is 21.3 Å². The minimum atomic E-state index is -1.36. The summed E-state index contributed by atoms with van der Waals surface area (Å²) < 4.78 is 14.1. The zero-order valence-electron chi connectivity index (χ0n) is 8.86. The van der Waals surface area contributed by atoms with Crippen molar-refractivity contribution in [2.75, 3.05) is 21.3 Å². The third-order valence-electron chi connectivity index (χ3n) is 0.865. The number of carboxylic acid groups (broad SMARTS) is 1. The molecule has 0 aliphatic carbocycles. The van der Waals surface area contributed by atoms with Crippen molar-refractivity contribution in [1.82, 2.24) is 0 Å². The average Bonchev–Trinajstić information content (AvgIpc) is 2.08. The molecule has 0 aliphatic heterocycles. The Morgan fingerprint density at radius 2 is 1.43 bits per heavy atom. The molecule has 0 aromatic heterocycles. The Hall–Kier alpha value is 0.411. The average molecular weight is 296 g/mol. The van der Waals surface area contributed by atoms with Crippen molar-refractivity contribution in [1.29, 1.82) is 0 Å². The first-order valence-electron chi connectivity index (χ1n) is 3.37. The van der Waals surface area contributed by atoms with E-state index in [1.165, 1.54) is 6.92 Å². The van der Waals surface area contributed by atoms with Crippen molar-refractivity contribution in [3.05, 3.63) is 12.2 Å². The fourth-order valence-corrected chi connectivity index (χ4v) is 0.750. The summed E-state index contributed by atoms with van der Waals surface area (Å²) in [6.07, 6.45) is 0. The van der Waals surface area contributed by atoms with Gasteiger partial charge in [0.2, 0.25) is 0 Å². The molecule has 0 saturated carbocycles. The van der Waals surface area contributed by atoms with Crippen LogP contribution in [-0.4, -0.2) is 41.9 Å². The van der Waals surface area contributed by atoms with Crippen LogP contribution in [-0.2, 0) is 50.8 Å². The van der Waals surface area contributed by atoms with E-state index in [2.05, 4.69) is 6.58 Å². The molecule has 0 unspecified atom stereocenters. The summed E-state index contributed by atoms with van der Waals surface area (Å²) in [5.74, 6) is -0.935. The summed E-state index contributed by atoms with van der Waals surface area (Å²) in [5.41, 5.74) is 0.176. The molecule has 80 valence electrons. The molecule has 14 heavy (non-hydrogen) atoms. The van der Waals surface area contributed by atoms with Gasteiger partial charge in [0.25, 0.3) is 0 Å². The van der Waals surface area contributed by atoms with E-state index >= 15 is 0 Å². The van der Waals surface area contributed by atoms with Crippen molar-refractivity contribution >= 4 is 15.5 Å². The van der Waals surface area contributed by atoms with Gasteiger partial charge >= 0.3 is 15.5 Å². The summed E-state index contributed by atoms with van der Waals surface area (Å²) in [5, 5.41) is 7.89. The van der Waals surface area contributed by atoms with Crippen molar-refractivity contribution in [3.63, 3.8) is 0 Å². The molecule has 0 atom stereocenters. The number of hydrogen-bond acceptors (Lipinski definition) is 4. The third kappa shape index (κ3) is 14.9. The molecular weight excluding hydrogens is 281 g/mol. The second kappa shape index (κ2) is 13.4. The van der Waals surface area contributed by atoms with Crippen LogP contribution >= 0.6 is 0 Å². The molecule has 0 aromatic carbocycles. The SMILES string of the molecule is C=C(C)C(=O)O.CO[Si](OC)OC.[Y]. The van der Waals surface area contributed by atoms with Crippen molar-refractivity contribution < 1.29 is 55.9 Å². The van der Waals surface area contributed by atoms with Crippen LogP contribution in [0.2, 0.25) is 0 Å². The van der Waals surface area contributed by atoms with Crippen LogP contribution in [0, 0.1) is 0 Å². The largest absolute Gasteiger partial charge is 0.576 e. The smallest absolute Gasteiger partial charge is 0.478 e. The molecule has 0 aliphatic rings. The summed E-state index contributed by atoms with van der Waals surface area (Å²) in [6.45, 7) is 4.60. The predicted octanol–water partition coefficient (Wildman–Crippen LogP) is 0.555. The monoisotopic (exact) mass is 296 g/mol. The number of aliphatic carboxylic acids is 1. The summed E-state index contributed by atoms with van der Waals surface area (Å²) >= 11 is 0. The maximum absolute atomic E-state index is 9.60. The molecule has 0 rings (SSSR count). The molecule has 0 heterocycles. The molecule has 2 radical (unpaired) electrons. The summed E-state index contributed by atoms with van der Waals surface area (Å²) in [6, 6.07) is 0. The summed E-state index contributed by atoms with van der Waals surface area (Å²) in [4.78, 5) is 9.60. The van der Waals surface area contributed by atoms with Gasteiger partial charge in [-0.05, 0) is 6.92 Å². The van der Waals surface area contributed by atoms with E-state index in [0.717, 1.165) is 0 Å². The van der Waals surface area contributed by atoms with E-state index in [-0.39, 0.29) is 38.3 Å². The van der Waals surface area contributed by atoms with Crippen molar-refractivity contribution in [3.8, 4) is 0 Å². The Morgan fingerprint density at radius 1 is 1.21 bits per heavy atom. The van der Waals surface area contributed by atoms with E-state index in [0.29, 0.717) is 0 Å². The molecular formula is C7H15O5SiY. The van der Waals surface area contributed by atoms with Crippen LogP contribution in [0.5, 0.6) is 0 Å². The van der Waals surface area contributed by atoms with Crippen LogP contribution in [0.25, 0.3) is 0 Å². The van der Waals surface area contributed by atoms with Crippen molar-refractivity contribution in [2.24, 2.45) is 0 Å². The number of hydrogen-bond donors (Lipinski definition) is 1. The van der Waals surface area contributed by atoms with Crippen LogP contribution in [0.3, 0.4) is 0 Å². The molecule has 0 saturated heterocycles. The van der Waals surface area contributed by atoms with Gasteiger partial charge in [-0.25, -0.2) is 4.79 Å². The van der Waals surface area contributed by atoms with Gasteiger partial charge in [-0.3, -0.25) is 0 Å². The van der Waals surface area contributed by atoms with E-state index in [1.807, 2.05) is 0 Å². The second-order valence-electron chi connectivity index (χ2n) is 1.95. The zero-order chi connectivity index (χ0) is 10.9. The quantitative estimate of drug-likeness (QED) is 0.606. The summed E-state index contributed by atoms with van der Waals surface area (Å²) in [7, 11) is 3.31. The fraction of sp³-hybridized carbons (Fsp3) is 0.571. The Bertz CT molecular complexity index is 143. The van der Waals surface area contributed by atoms with Gasteiger partial charge in [0.15, 0.2) is 0 Å². The van der Waals surface area contributed by atoms with Crippen LogP contribution in [0.1, 0.15) is 6.92 Å². The maximum atomic E-state index is 9.60. The Morgan fingerprint density at radius 3 is 1.43 bits per heavy atom. The first-order valence-corrected chi connectivity index (χ1v) is 4.59. The van der Waals surface area contributed by atoms with Crippen LogP contribution in [0.15, 0.2) is 12.2 Å². The van der Waals surface area contributed by atoms with E-state index in [9.17, 15) is 4.79 Å². The second-order valence-corrected chi connectivity index (χ2v) is 3.67. The van der Waals surface area contributed by atoms with Gasteiger partial charge in [0.1, 0.15) is 0 Å². The predicted molar refractivity (Wildman–Crippen MR) is 49.2 cm³/mol. The molecule has 7 heteroatoms. The first-order chi connectivity index (χ1) is 5.99. The first kappa shape index (κ1) is 19.9.